The summed E-state index contributed by atoms with van der Waals surface area (Å²) in [6, 6.07) is 4.02. The Labute approximate surface area is 90.8 Å². The largest absolute Gasteiger partial charge is 0.493 e. The van der Waals surface area contributed by atoms with Gasteiger partial charge in [0, 0.05) is 6.54 Å². The molecule has 3 nitrogen and oxygen atoms in total. The van der Waals surface area contributed by atoms with Crippen LogP contribution in [0, 0.1) is 0 Å². The van der Waals surface area contributed by atoms with E-state index in [1.54, 1.807) is 7.11 Å². The van der Waals surface area contributed by atoms with Crippen LogP contribution in [0.25, 0.3) is 11.0 Å². The zero-order chi connectivity index (χ0) is 10.1. The molecule has 0 radical (unpaired) electrons. The summed E-state index contributed by atoms with van der Waals surface area (Å²) in [6.07, 6.45) is 1.83. The van der Waals surface area contributed by atoms with Crippen molar-refractivity contribution in [2.75, 3.05) is 7.11 Å². The molecule has 0 unspecified atom stereocenters. The fraction of sp³-hybridized carbons (Fsp3) is 0.300. The molecule has 4 heteroatoms. The van der Waals surface area contributed by atoms with Crippen molar-refractivity contribution < 1.29 is 4.74 Å². The molecule has 0 spiro atoms. The molecular formula is C10H11BrN2O. The molecule has 0 saturated carbocycles. The minimum atomic E-state index is 0.801. The van der Waals surface area contributed by atoms with Crippen LogP contribution in [0.15, 0.2) is 22.9 Å². The van der Waals surface area contributed by atoms with E-state index in [-0.39, 0.29) is 0 Å². The average molecular weight is 255 g/mol. The second-order valence-corrected chi connectivity index (χ2v) is 3.83. The maximum atomic E-state index is 5.29. The number of fused-ring (bicyclic) bond motifs is 1. The van der Waals surface area contributed by atoms with Crippen LogP contribution in [0.5, 0.6) is 5.75 Å². The highest BCUT2D eigenvalue weighted by atomic mass is 79.9. The van der Waals surface area contributed by atoms with Crippen LogP contribution in [-0.4, -0.2) is 16.7 Å². The van der Waals surface area contributed by atoms with Crippen molar-refractivity contribution in [2.24, 2.45) is 0 Å². The number of imidazole rings is 1. The number of aryl methyl sites for hydroxylation is 1. The fourth-order valence-corrected chi connectivity index (χ4v) is 2.01. The normalized spacial score (nSPS) is 10.8. The average Bonchev–Trinajstić information content (AvgIpc) is 2.60. The van der Waals surface area contributed by atoms with Gasteiger partial charge in [-0.3, -0.25) is 0 Å². The molecule has 0 fully saturated rings. The third-order valence-corrected chi connectivity index (χ3v) is 2.87. The Bertz CT molecular complexity index is 464. The van der Waals surface area contributed by atoms with Gasteiger partial charge < -0.3 is 9.30 Å². The molecular weight excluding hydrogens is 244 g/mol. The number of methoxy groups -OCH3 is 1. The summed E-state index contributed by atoms with van der Waals surface area (Å²) in [5.41, 5.74) is 2.01. The maximum Gasteiger partial charge on any atom is 0.160 e. The highest BCUT2D eigenvalue weighted by Crippen LogP contribution is 2.32. The third kappa shape index (κ3) is 1.30. The Morgan fingerprint density at radius 1 is 1.50 bits per heavy atom. The van der Waals surface area contributed by atoms with Gasteiger partial charge in [-0.2, -0.15) is 0 Å². The minimum Gasteiger partial charge on any atom is -0.493 e. The molecule has 0 saturated heterocycles. The van der Waals surface area contributed by atoms with E-state index in [0.717, 1.165) is 27.8 Å². The smallest absolute Gasteiger partial charge is 0.160 e. The number of benzene rings is 1. The summed E-state index contributed by atoms with van der Waals surface area (Å²) in [5, 5.41) is 0. The lowest BCUT2D eigenvalue weighted by molar-refractivity contribution is 0.416. The maximum absolute atomic E-state index is 5.29. The first kappa shape index (κ1) is 9.52. The Balaban J connectivity index is 2.76. The van der Waals surface area contributed by atoms with Crippen molar-refractivity contribution in [3.8, 4) is 5.75 Å². The highest BCUT2D eigenvalue weighted by molar-refractivity contribution is 9.10. The van der Waals surface area contributed by atoms with Crippen molar-refractivity contribution in [1.82, 2.24) is 9.55 Å². The lowest BCUT2D eigenvalue weighted by Crippen LogP contribution is -1.91. The molecule has 1 aromatic carbocycles. The zero-order valence-electron chi connectivity index (χ0n) is 8.12. The standard InChI is InChI=1S/C10H11BrN2O/c1-3-13-6-12-9-8(13)5-4-7(11)10(9)14-2/h4-6H,3H2,1-2H3. The van der Waals surface area contributed by atoms with E-state index in [4.69, 9.17) is 4.74 Å². The third-order valence-electron chi connectivity index (χ3n) is 2.24. The van der Waals surface area contributed by atoms with Crippen LogP contribution in [0.1, 0.15) is 6.92 Å². The summed E-state index contributed by atoms with van der Waals surface area (Å²) in [7, 11) is 1.66. The molecule has 2 aromatic rings. The summed E-state index contributed by atoms with van der Waals surface area (Å²) < 4.78 is 8.32. The number of rotatable bonds is 2. The van der Waals surface area contributed by atoms with Gasteiger partial charge in [-0.15, -0.1) is 0 Å². The summed E-state index contributed by atoms with van der Waals surface area (Å²) in [4.78, 5) is 4.33. The van der Waals surface area contributed by atoms with Crippen LogP contribution in [0.3, 0.4) is 0 Å². The van der Waals surface area contributed by atoms with E-state index in [2.05, 4.69) is 32.4 Å². The first-order chi connectivity index (χ1) is 6.77. The summed E-state index contributed by atoms with van der Waals surface area (Å²) in [5.74, 6) is 0.801. The molecule has 0 amide bonds. The Hall–Kier alpha value is -1.03. The molecule has 0 aliphatic carbocycles. The molecule has 1 heterocycles. The van der Waals surface area contributed by atoms with Gasteiger partial charge in [0.15, 0.2) is 5.75 Å². The van der Waals surface area contributed by atoms with Crippen molar-refractivity contribution in [1.29, 1.82) is 0 Å². The number of ether oxygens (including phenoxy) is 1. The Kier molecular flexibility index (Phi) is 2.46. The quantitative estimate of drug-likeness (QED) is 0.825. The monoisotopic (exact) mass is 254 g/mol. The Morgan fingerprint density at radius 2 is 2.29 bits per heavy atom. The van der Waals surface area contributed by atoms with Gasteiger partial charge in [0.1, 0.15) is 5.52 Å². The topological polar surface area (TPSA) is 27.1 Å². The van der Waals surface area contributed by atoms with Crippen LogP contribution >= 0.6 is 15.9 Å². The predicted octanol–water partition coefficient (Wildman–Crippen LogP) is 2.83. The fourth-order valence-electron chi connectivity index (χ4n) is 1.53. The lowest BCUT2D eigenvalue weighted by atomic mass is 10.3. The van der Waals surface area contributed by atoms with Gasteiger partial charge >= 0.3 is 0 Å². The van der Waals surface area contributed by atoms with Crippen LogP contribution < -0.4 is 4.74 Å². The van der Waals surface area contributed by atoms with Crippen molar-refractivity contribution >= 4 is 27.0 Å². The van der Waals surface area contributed by atoms with E-state index in [1.807, 2.05) is 18.5 Å². The number of hydrogen-bond donors (Lipinski definition) is 0. The minimum absolute atomic E-state index is 0.801. The second-order valence-electron chi connectivity index (χ2n) is 2.98. The molecule has 0 aliphatic heterocycles. The van der Waals surface area contributed by atoms with Crippen LogP contribution in [-0.2, 0) is 6.54 Å². The molecule has 1 aromatic heterocycles. The highest BCUT2D eigenvalue weighted by Gasteiger charge is 2.09. The summed E-state index contributed by atoms with van der Waals surface area (Å²) >= 11 is 3.43. The SMILES string of the molecule is CCn1cnc2c(OC)c(Br)ccc21. The van der Waals surface area contributed by atoms with E-state index in [1.165, 1.54) is 0 Å². The van der Waals surface area contributed by atoms with Crippen LogP contribution in [0.4, 0.5) is 0 Å². The van der Waals surface area contributed by atoms with E-state index >= 15 is 0 Å². The Morgan fingerprint density at radius 3 is 2.93 bits per heavy atom. The molecule has 0 aliphatic rings. The number of aromatic nitrogens is 2. The van der Waals surface area contributed by atoms with Gasteiger partial charge in [-0.25, -0.2) is 4.98 Å². The molecule has 0 bridgehead atoms. The number of halogens is 1. The van der Waals surface area contributed by atoms with Crippen molar-refractivity contribution in [3.05, 3.63) is 22.9 Å². The predicted molar refractivity (Wildman–Crippen MR) is 59.7 cm³/mol. The molecule has 74 valence electrons. The van der Waals surface area contributed by atoms with Crippen molar-refractivity contribution in [2.45, 2.75) is 13.5 Å². The molecule has 2 rings (SSSR count). The molecule has 0 N–H and O–H groups in total. The van der Waals surface area contributed by atoms with E-state index < -0.39 is 0 Å². The molecule has 0 atom stereocenters. The van der Waals surface area contributed by atoms with Gasteiger partial charge in [0.25, 0.3) is 0 Å². The van der Waals surface area contributed by atoms with Gasteiger partial charge in [-0.1, -0.05) is 0 Å². The van der Waals surface area contributed by atoms with Gasteiger partial charge in [-0.05, 0) is 35.0 Å². The first-order valence-corrected chi connectivity index (χ1v) is 5.24. The van der Waals surface area contributed by atoms with Crippen LogP contribution in [0.2, 0.25) is 0 Å². The number of hydrogen-bond acceptors (Lipinski definition) is 2. The van der Waals surface area contributed by atoms with Crippen molar-refractivity contribution in [3.63, 3.8) is 0 Å². The second kappa shape index (κ2) is 3.61. The van der Waals surface area contributed by atoms with Gasteiger partial charge in [0.2, 0.25) is 0 Å². The van der Waals surface area contributed by atoms with E-state index in [9.17, 15) is 0 Å². The molecule has 14 heavy (non-hydrogen) atoms. The zero-order valence-corrected chi connectivity index (χ0v) is 9.71. The van der Waals surface area contributed by atoms with E-state index in [0.29, 0.717) is 0 Å². The van der Waals surface area contributed by atoms with Gasteiger partial charge in [0.05, 0.1) is 23.4 Å². The first-order valence-electron chi connectivity index (χ1n) is 4.45. The number of nitrogens with zero attached hydrogens (tertiary/aromatic N) is 2. The lowest BCUT2D eigenvalue weighted by Gasteiger charge is -2.04. The summed E-state index contributed by atoms with van der Waals surface area (Å²) in [6.45, 7) is 3.01.